The topological polar surface area (TPSA) is 114 Å². The number of nitrogens with one attached hydrogen (secondary N) is 2. The van der Waals surface area contributed by atoms with Crippen LogP contribution in [0, 0.1) is 12.8 Å². The van der Waals surface area contributed by atoms with Gasteiger partial charge >= 0.3 is 0 Å². The predicted molar refractivity (Wildman–Crippen MR) is 126 cm³/mol. The SMILES string of the molecule is Cc1ccc(S(=O)(=O)N2CCC(C(=O)NC(C)C(=O)Nc3ccc4c(c3)OCCO4)CC2)cc1. The summed E-state index contributed by atoms with van der Waals surface area (Å²) in [5.74, 6) is 0.227. The summed E-state index contributed by atoms with van der Waals surface area (Å²) in [6.07, 6.45) is 0.793. The van der Waals surface area contributed by atoms with Crippen LogP contribution in [0.2, 0.25) is 0 Å². The van der Waals surface area contributed by atoms with E-state index in [1.807, 2.05) is 6.92 Å². The lowest BCUT2D eigenvalue weighted by Gasteiger charge is -2.31. The molecule has 0 aliphatic carbocycles. The first-order valence-electron chi connectivity index (χ1n) is 11.3. The van der Waals surface area contributed by atoms with Crippen LogP contribution in [-0.2, 0) is 19.6 Å². The monoisotopic (exact) mass is 487 g/mol. The van der Waals surface area contributed by atoms with Crippen LogP contribution in [0.3, 0.4) is 0 Å². The zero-order valence-electron chi connectivity index (χ0n) is 19.2. The van der Waals surface area contributed by atoms with Crippen molar-refractivity contribution in [1.82, 2.24) is 9.62 Å². The Labute approximate surface area is 199 Å². The minimum Gasteiger partial charge on any atom is -0.486 e. The predicted octanol–water partition coefficient (Wildman–Crippen LogP) is 2.31. The maximum Gasteiger partial charge on any atom is 0.246 e. The van der Waals surface area contributed by atoms with Crippen LogP contribution in [-0.4, -0.2) is 56.9 Å². The van der Waals surface area contributed by atoms with Crippen LogP contribution >= 0.6 is 0 Å². The Hall–Kier alpha value is -3.11. The van der Waals surface area contributed by atoms with Gasteiger partial charge in [-0.2, -0.15) is 4.31 Å². The average Bonchev–Trinajstić information content (AvgIpc) is 2.84. The Kier molecular flexibility index (Phi) is 7.08. The van der Waals surface area contributed by atoms with Gasteiger partial charge in [0.25, 0.3) is 0 Å². The summed E-state index contributed by atoms with van der Waals surface area (Å²) in [5.41, 5.74) is 1.53. The number of piperidine rings is 1. The molecule has 1 fully saturated rings. The number of hydrogen-bond acceptors (Lipinski definition) is 6. The van der Waals surface area contributed by atoms with Gasteiger partial charge in [0, 0.05) is 30.8 Å². The van der Waals surface area contributed by atoms with E-state index in [9.17, 15) is 18.0 Å². The largest absolute Gasteiger partial charge is 0.486 e. The summed E-state index contributed by atoms with van der Waals surface area (Å²) >= 11 is 0. The van der Waals surface area contributed by atoms with Crippen LogP contribution in [0.5, 0.6) is 11.5 Å². The van der Waals surface area contributed by atoms with E-state index < -0.39 is 16.1 Å². The summed E-state index contributed by atoms with van der Waals surface area (Å²) in [6, 6.07) is 11.1. The Bertz CT molecular complexity index is 1160. The fourth-order valence-electron chi connectivity index (χ4n) is 3.99. The number of ether oxygens (including phenoxy) is 2. The molecule has 0 spiro atoms. The van der Waals surface area contributed by atoms with Gasteiger partial charge in [0.2, 0.25) is 21.8 Å². The maximum absolute atomic E-state index is 12.9. The zero-order chi connectivity index (χ0) is 24.3. The van der Waals surface area contributed by atoms with Crippen molar-refractivity contribution in [1.29, 1.82) is 0 Å². The molecule has 0 radical (unpaired) electrons. The van der Waals surface area contributed by atoms with Gasteiger partial charge in [-0.05, 0) is 51.0 Å². The first-order chi connectivity index (χ1) is 16.2. The Morgan fingerprint density at radius 3 is 2.32 bits per heavy atom. The molecule has 2 heterocycles. The first-order valence-corrected chi connectivity index (χ1v) is 12.8. The lowest BCUT2D eigenvalue weighted by atomic mass is 9.97. The summed E-state index contributed by atoms with van der Waals surface area (Å²) < 4.78 is 38.1. The highest BCUT2D eigenvalue weighted by Crippen LogP contribution is 2.32. The zero-order valence-corrected chi connectivity index (χ0v) is 20.1. The molecule has 34 heavy (non-hydrogen) atoms. The van der Waals surface area contributed by atoms with Crippen LogP contribution in [0.15, 0.2) is 47.4 Å². The molecule has 1 unspecified atom stereocenters. The molecule has 2 amide bonds. The normalized spacial score (nSPS) is 17.6. The second kappa shape index (κ2) is 10.0. The summed E-state index contributed by atoms with van der Waals surface area (Å²) in [7, 11) is -3.59. The number of nitrogens with zero attached hydrogens (tertiary/aromatic N) is 1. The molecule has 2 N–H and O–H groups in total. The van der Waals surface area contributed by atoms with Gasteiger partial charge in [-0.3, -0.25) is 9.59 Å². The van der Waals surface area contributed by atoms with Crippen LogP contribution in [0.25, 0.3) is 0 Å². The van der Waals surface area contributed by atoms with Crippen molar-refractivity contribution in [3.8, 4) is 11.5 Å². The summed E-state index contributed by atoms with van der Waals surface area (Å²) in [5, 5.41) is 5.52. The van der Waals surface area contributed by atoms with Crippen molar-refractivity contribution in [3.05, 3.63) is 48.0 Å². The highest BCUT2D eigenvalue weighted by Gasteiger charge is 2.33. The van der Waals surface area contributed by atoms with E-state index in [4.69, 9.17) is 9.47 Å². The molecule has 1 atom stereocenters. The first kappa shape index (κ1) is 24.0. The Morgan fingerprint density at radius 2 is 1.65 bits per heavy atom. The number of sulfonamides is 1. The highest BCUT2D eigenvalue weighted by molar-refractivity contribution is 7.89. The molecule has 1 saturated heterocycles. The van der Waals surface area contributed by atoms with E-state index >= 15 is 0 Å². The molecule has 2 aromatic rings. The molecule has 0 aromatic heterocycles. The highest BCUT2D eigenvalue weighted by atomic mass is 32.2. The van der Waals surface area contributed by atoms with Gasteiger partial charge in [-0.1, -0.05) is 17.7 Å². The van der Waals surface area contributed by atoms with Gasteiger partial charge in [-0.15, -0.1) is 0 Å². The van der Waals surface area contributed by atoms with E-state index in [0.717, 1.165) is 5.56 Å². The number of fused-ring (bicyclic) bond motifs is 1. The minimum atomic E-state index is -3.59. The smallest absolute Gasteiger partial charge is 0.246 e. The average molecular weight is 488 g/mol. The van der Waals surface area contributed by atoms with E-state index in [-0.39, 0.29) is 35.7 Å². The molecule has 0 bridgehead atoms. The number of rotatable bonds is 6. The third kappa shape index (κ3) is 5.34. The van der Waals surface area contributed by atoms with E-state index in [0.29, 0.717) is 43.2 Å². The second-order valence-electron chi connectivity index (χ2n) is 8.57. The van der Waals surface area contributed by atoms with Gasteiger partial charge in [0.05, 0.1) is 4.90 Å². The number of carbonyl (C=O) groups excluding carboxylic acids is 2. The molecular formula is C24H29N3O6S. The van der Waals surface area contributed by atoms with Crippen molar-refractivity contribution in [3.63, 3.8) is 0 Å². The number of benzene rings is 2. The molecule has 182 valence electrons. The van der Waals surface area contributed by atoms with Crippen molar-refractivity contribution in [2.24, 2.45) is 5.92 Å². The standard InChI is InChI=1S/C24H29N3O6S/c1-16-3-6-20(7-4-16)34(30,31)27-11-9-18(10-12-27)24(29)25-17(2)23(28)26-19-5-8-21-22(15-19)33-14-13-32-21/h3-8,15,17-18H,9-14H2,1-2H3,(H,25,29)(H,26,28). The molecule has 10 heteroatoms. The van der Waals surface area contributed by atoms with Gasteiger partial charge in [-0.25, -0.2) is 8.42 Å². The van der Waals surface area contributed by atoms with E-state index in [1.54, 1.807) is 49.4 Å². The second-order valence-corrected chi connectivity index (χ2v) is 10.5. The fourth-order valence-corrected chi connectivity index (χ4v) is 5.46. The summed E-state index contributed by atoms with van der Waals surface area (Å²) in [4.78, 5) is 25.6. The number of carbonyl (C=O) groups is 2. The van der Waals surface area contributed by atoms with Crippen molar-refractivity contribution >= 4 is 27.5 Å². The third-order valence-electron chi connectivity index (χ3n) is 6.05. The minimum absolute atomic E-state index is 0.253. The maximum atomic E-state index is 12.9. The van der Waals surface area contributed by atoms with Crippen LogP contribution in [0.1, 0.15) is 25.3 Å². The third-order valence-corrected chi connectivity index (χ3v) is 7.96. The lowest BCUT2D eigenvalue weighted by Crippen LogP contribution is -2.47. The van der Waals surface area contributed by atoms with Gasteiger partial charge in [0.15, 0.2) is 11.5 Å². The van der Waals surface area contributed by atoms with E-state index in [1.165, 1.54) is 4.31 Å². The molecule has 2 aliphatic heterocycles. The van der Waals surface area contributed by atoms with Crippen molar-refractivity contribution < 1.29 is 27.5 Å². The molecule has 2 aliphatic rings. The molecule has 2 aromatic carbocycles. The number of aryl methyl sites for hydroxylation is 1. The lowest BCUT2D eigenvalue weighted by molar-refractivity contribution is -0.129. The fraction of sp³-hybridized carbons (Fsp3) is 0.417. The molecule has 9 nitrogen and oxygen atoms in total. The number of amides is 2. The molecule has 0 saturated carbocycles. The van der Waals surface area contributed by atoms with Gasteiger partial charge in [0.1, 0.15) is 19.3 Å². The van der Waals surface area contributed by atoms with Gasteiger partial charge < -0.3 is 20.1 Å². The van der Waals surface area contributed by atoms with Crippen LogP contribution < -0.4 is 20.1 Å². The number of anilines is 1. The van der Waals surface area contributed by atoms with Crippen molar-refractivity contribution in [2.75, 3.05) is 31.6 Å². The molecular weight excluding hydrogens is 458 g/mol. The van der Waals surface area contributed by atoms with Crippen LogP contribution in [0.4, 0.5) is 5.69 Å². The Balaban J connectivity index is 1.28. The molecule has 4 rings (SSSR count). The Morgan fingerprint density at radius 1 is 1.00 bits per heavy atom. The number of hydrogen-bond donors (Lipinski definition) is 2. The summed E-state index contributed by atoms with van der Waals surface area (Å²) in [6.45, 7) is 4.96. The quantitative estimate of drug-likeness (QED) is 0.646. The van der Waals surface area contributed by atoms with Crippen molar-refractivity contribution in [2.45, 2.75) is 37.6 Å². The van der Waals surface area contributed by atoms with E-state index in [2.05, 4.69) is 10.6 Å².